The van der Waals surface area contributed by atoms with Gasteiger partial charge in [-0.25, -0.2) is 0 Å². The van der Waals surface area contributed by atoms with Crippen LogP contribution in [0, 0.1) is 13.8 Å². The lowest BCUT2D eigenvalue weighted by Crippen LogP contribution is -1.82. The maximum Gasteiger partial charge on any atom is -0.0171 e. The van der Waals surface area contributed by atoms with E-state index in [9.17, 15) is 0 Å². The Labute approximate surface area is 141 Å². The Morgan fingerprint density at radius 3 is 1.00 bits per heavy atom. The van der Waals surface area contributed by atoms with Crippen molar-refractivity contribution in [2.75, 3.05) is 0 Å². The molecule has 114 valence electrons. The van der Waals surface area contributed by atoms with Gasteiger partial charge in [-0.3, -0.25) is 0 Å². The molecule has 0 bridgehead atoms. The molecule has 0 aliphatic rings. The Bertz CT molecular complexity index is 1160. The van der Waals surface area contributed by atoms with Gasteiger partial charge in [-0.05, 0) is 93.3 Å². The number of hydrogen-bond donors (Lipinski definition) is 0. The highest BCUT2D eigenvalue weighted by Gasteiger charge is 2.04. The van der Waals surface area contributed by atoms with Crippen molar-refractivity contribution >= 4 is 43.1 Å². The zero-order chi connectivity index (χ0) is 16.3. The first-order valence-electron chi connectivity index (χ1n) is 8.44. The lowest BCUT2D eigenvalue weighted by Gasteiger charge is -2.08. The van der Waals surface area contributed by atoms with Crippen molar-refractivity contribution in [2.45, 2.75) is 13.8 Å². The van der Waals surface area contributed by atoms with Crippen LogP contribution in [0.1, 0.15) is 11.1 Å². The van der Waals surface area contributed by atoms with Gasteiger partial charge in [-0.1, -0.05) is 47.5 Å². The van der Waals surface area contributed by atoms with E-state index in [1.54, 1.807) is 0 Å². The van der Waals surface area contributed by atoms with Crippen molar-refractivity contribution in [1.29, 1.82) is 0 Å². The molecule has 0 spiro atoms. The number of benzene rings is 5. The topological polar surface area (TPSA) is 0 Å². The predicted molar refractivity (Wildman–Crippen MR) is 106 cm³/mol. The summed E-state index contributed by atoms with van der Waals surface area (Å²) in [6.07, 6.45) is 0. The van der Waals surface area contributed by atoms with Crippen LogP contribution < -0.4 is 0 Å². The second kappa shape index (κ2) is 4.82. The molecule has 0 saturated heterocycles. The first-order valence-corrected chi connectivity index (χ1v) is 8.44. The lowest BCUT2D eigenvalue weighted by atomic mass is 9.96. The van der Waals surface area contributed by atoms with Crippen LogP contribution in [-0.4, -0.2) is 0 Å². The average molecular weight is 306 g/mol. The lowest BCUT2D eigenvalue weighted by molar-refractivity contribution is 1.51. The van der Waals surface area contributed by atoms with E-state index in [-0.39, 0.29) is 0 Å². The molecule has 0 radical (unpaired) electrons. The van der Waals surface area contributed by atoms with Crippen LogP contribution in [0.4, 0.5) is 0 Å². The average Bonchev–Trinajstić information content (AvgIpc) is 2.56. The third-order valence-corrected chi connectivity index (χ3v) is 5.02. The van der Waals surface area contributed by atoms with E-state index in [2.05, 4.69) is 86.6 Å². The van der Waals surface area contributed by atoms with E-state index in [1.165, 1.54) is 54.2 Å². The smallest absolute Gasteiger partial charge is 0.0171 e. The Balaban J connectivity index is 1.88. The minimum Gasteiger partial charge on any atom is -0.0587 e. The summed E-state index contributed by atoms with van der Waals surface area (Å²) >= 11 is 0. The van der Waals surface area contributed by atoms with Gasteiger partial charge in [-0.15, -0.1) is 0 Å². The van der Waals surface area contributed by atoms with Gasteiger partial charge in [0, 0.05) is 0 Å². The monoisotopic (exact) mass is 306 g/mol. The summed E-state index contributed by atoms with van der Waals surface area (Å²) in [5.74, 6) is 0. The molecule has 0 N–H and O–H groups in total. The van der Waals surface area contributed by atoms with Crippen molar-refractivity contribution in [1.82, 2.24) is 0 Å². The minimum absolute atomic E-state index is 1.31. The molecular weight excluding hydrogens is 288 g/mol. The van der Waals surface area contributed by atoms with Gasteiger partial charge in [0.15, 0.2) is 0 Å². The van der Waals surface area contributed by atoms with E-state index in [0.29, 0.717) is 0 Å². The fourth-order valence-electron chi connectivity index (χ4n) is 3.74. The van der Waals surface area contributed by atoms with E-state index in [4.69, 9.17) is 0 Å². The summed E-state index contributed by atoms with van der Waals surface area (Å²) in [5, 5.41) is 10.5. The van der Waals surface area contributed by atoms with Crippen LogP contribution in [-0.2, 0) is 0 Å². The molecule has 5 aromatic rings. The van der Waals surface area contributed by atoms with Gasteiger partial charge >= 0.3 is 0 Å². The van der Waals surface area contributed by atoms with Crippen LogP contribution >= 0.6 is 0 Å². The first kappa shape index (κ1) is 13.6. The fourth-order valence-corrected chi connectivity index (χ4v) is 3.74. The summed E-state index contributed by atoms with van der Waals surface area (Å²) in [5.41, 5.74) is 2.62. The number of fused-ring (bicyclic) bond motifs is 4. The standard InChI is InChI=1S/C24H18/c1-15-3-5-17-9-21-14-24-12-20-8-16(2)4-6-18(20)10-22(24)13-23(21)11-19(17)7-15/h3-14H,1-2H3. The van der Waals surface area contributed by atoms with Gasteiger partial charge in [-0.2, -0.15) is 0 Å². The zero-order valence-corrected chi connectivity index (χ0v) is 13.9. The van der Waals surface area contributed by atoms with E-state index >= 15 is 0 Å². The molecule has 5 aromatic carbocycles. The molecule has 0 unspecified atom stereocenters. The normalized spacial score (nSPS) is 11.8. The second-order valence-electron chi connectivity index (χ2n) is 6.95. The van der Waals surface area contributed by atoms with Crippen LogP contribution in [0.15, 0.2) is 72.8 Å². The van der Waals surface area contributed by atoms with Crippen LogP contribution in [0.5, 0.6) is 0 Å². The van der Waals surface area contributed by atoms with Crippen molar-refractivity contribution in [3.05, 3.63) is 83.9 Å². The van der Waals surface area contributed by atoms with Crippen LogP contribution in [0.25, 0.3) is 43.1 Å². The maximum absolute atomic E-state index is 2.33. The van der Waals surface area contributed by atoms with E-state index in [1.807, 2.05) is 0 Å². The SMILES string of the molecule is Cc1ccc2cc3cc4cc5cc(C)ccc5cc4cc3cc2c1. The summed E-state index contributed by atoms with van der Waals surface area (Å²) in [4.78, 5) is 0. The molecule has 24 heavy (non-hydrogen) atoms. The largest absolute Gasteiger partial charge is 0.0587 e. The van der Waals surface area contributed by atoms with Crippen molar-refractivity contribution < 1.29 is 0 Å². The maximum atomic E-state index is 2.33. The fraction of sp³-hybridized carbons (Fsp3) is 0.0833. The highest BCUT2D eigenvalue weighted by Crippen LogP contribution is 2.30. The molecule has 0 atom stereocenters. The molecule has 0 aromatic heterocycles. The van der Waals surface area contributed by atoms with Crippen LogP contribution in [0.2, 0.25) is 0 Å². The Kier molecular flexibility index (Phi) is 2.72. The number of hydrogen-bond acceptors (Lipinski definition) is 0. The zero-order valence-electron chi connectivity index (χ0n) is 13.9. The van der Waals surface area contributed by atoms with Gasteiger partial charge in [0.05, 0.1) is 0 Å². The van der Waals surface area contributed by atoms with Gasteiger partial charge in [0.1, 0.15) is 0 Å². The van der Waals surface area contributed by atoms with Crippen molar-refractivity contribution in [2.24, 2.45) is 0 Å². The highest BCUT2D eigenvalue weighted by molar-refractivity contribution is 6.08. The minimum atomic E-state index is 1.31. The third-order valence-electron chi connectivity index (χ3n) is 5.02. The molecule has 0 heterocycles. The summed E-state index contributed by atoms with van der Waals surface area (Å²) in [6.45, 7) is 4.30. The molecule has 0 saturated carbocycles. The number of rotatable bonds is 0. The molecule has 0 heteroatoms. The Morgan fingerprint density at radius 2 is 0.625 bits per heavy atom. The Morgan fingerprint density at radius 1 is 0.333 bits per heavy atom. The highest BCUT2D eigenvalue weighted by atomic mass is 14.1. The predicted octanol–water partition coefficient (Wildman–Crippen LogP) is 6.92. The van der Waals surface area contributed by atoms with Crippen molar-refractivity contribution in [3.63, 3.8) is 0 Å². The van der Waals surface area contributed by atoms with E-state index < -0.39 is 0 Å². The molecule has 5 rings (SSSR count). The summed E-state index contributed by atoms with van der Waals surface area (Å²) in [7, 11) is 0. The Hall–Kier alpha value is -2.86. The second-order valence-corrected chi connectivity index (χ2v) is 6.95. The van der Waals surface area contributed by atoms with Crippen molar-refractivity contribution in [3.8, 4) is 0 Å². The van der Waals surface area contributed by atoms with Gasteiger partial charge in [0.25, 0.3) is 0 Å². The molecular formula is C24H18. The molecule has 0 fully saturated rings. The quantitative estimate of drug-likeness (QED) is 0.272. The van der Waals surface area contributed by atoms with Gasteiger partial charge in [0.2, 0.25) is 0 Å². The molecule has 0 amide bonds. The van der Waals surface area contributed by atoms with E-state index in [0.717, 1.165) is 0 Å². The molecule has 0 aliphatic heterocycles. The first-order chi connectivity index (χ1) is 11.7. The molecule has 0 nitrogen and oxygen atoms in total. The summed E-state index contributed by atoms with van der Waals surface area (Å²) < 4.78 is 0. The molecule has 0 aliphatic carbocycles. The summed E-state index contributed by atoms with van der Waals surface area (Å²) in [6, 6.07) is 27.2. The van der Waals surface area contributed by atoms with Gasteiger partial charge < -0.3 is 0 Å². The number of aryl methyl sites for hydroxylation is 2. The van der Waals surface area contributed by atoms with Crippen LogP contribution in [0.3, 0.4) is 0 Å². The third kappa shape index (κ3) is 2.07.